The zero-order chi connectivity index (χ0) is 34.0. The quantitative estimate of drug-likeness (QED) is 0.120. The predicted molar refractivity (Wildman–Crippen MR) is 181 cm³/mol. The van der Waals surface area contributed by atoms with Crippen molar-refractivity contribution in [2.24, 2.45) is 5.41 Å². The summed E-state index contributed by atoms with van der Waals surface area (Å²) in [5.41, 5.74) is 1.54. The average molecular weight is 642 g/mol. The molecule has 1 fully saturated rings. The molecule has 0 aliphatic carbocycles. The summed E-state index contributed by atoms with van der Waals surface area (Å²) in [5, 5.41) is 5.78. The van der Waals surface area contributed by atoms with Gasteiger partial charge in [0.1, 0.15) is 16.8 Å². The Morgan fingerprint density at radius 3 is 1.91 bits per heavy atom. The summed E-state index contributed by atoms with van der Waals surface area (Å²) in [6.45, 7) is 9.97. The third-order valence-corrected chi connectivity index (χ3v) is 8.52. The van der Waals surface area contributed by atoms with Gasteiger partial charge in [-0.3, -0.25) is 14.4 Å². The predicted octanol–water partition coefficient (Wildman–Crippen LogP) is 6.36. The van der Waals surface area contributed by atoms with E-state index in [2.05, 4.69) is 10.6 Å². The number of hydrogen-bond acceptors (Lipinski definition) is 6. The summed E-state index contributed by atoms with van der Waals surface area (Å²) in [4.78, 5) is 52.7. The van der Waals surface area contributed by atoms with Crippen LogP contribution in [0.1, 0.15) is 82.9 Å². The van der Waals surface area contributed by atoms with Gasteiger partial charge in [0.15, 0.2) is 6.23 Å². The molecule has 9 nitrogen and oxygen atoms in total. The Hall–Kier alpha value is -4.66. The van der Waals surface area contributed by atoms with Gasteiger partial charge in [0, 0.05) is 25.4 Å². The Labute approximate surface area is 278 Å². The lowest BCUT2D eigenvalue weighted by Crippen LogP contribution is -2.73. The molecule has 1 heterocycles. The number of benzene rings is 3. The van der Waals surface area contributed by atoms with Crippen LogP contribution in [0.4, 0.5) is 4.79 Å². The van der Waals surface area contributed by atoms with Gasteiger partial charge in [-0.2, -0.15) is 0 Å². The number of likely N-dealkylation sites (tertiary alicyclic amines) is 1. The summed E-state index contributed by atoms with van der Waals surface area (Å²) in [7, 11) is 0. The second-order valence-electron chi connectivity index (χ2n) is 12.9. The Bertz CT molecular complexity index is 1460. The molecule has 3 aromatic rings. The average Bonchev–Trinajstić information content (AvgIpc) is 3.04. The molecule has 9 heteroatoms. The molecule has 4 amide bonds. The molecule has 0 radical (unpaired) electrons. The number of amides is 4. The van der Waals surface area contributed by atoms with Crippen molar-refractivity contribution in [1.29, 1.82) is 0 Å². The number of urea groups is 1. The summed E-state index contributed by atoms with van der Waals surface area (Å²) >= 11 is 0. The van der Waals surface area contributed by atoms with Crippen molar-refractivity contribution in [1.82, 2.24) is 15.5 Å². The van der Waals surface area contributed by atoms with Gasteiger partial charge in [-0.25, -0.2) is 9.69 Å². The molecule has 250 valence electrons. The molecule has 1 aliphatic heterocycles. The highest BCUT2D eigenvalue weighted by atomic mass is 16.6. The second-order valence-corrected chi connectivity index (χ2v) is 12.9. The van der Waals surface area contributed by atoms with E-state index in [9.17, 15) is 19.2 Å². The summed E-state index contributed by atoms with van der Waals surface area (Å²) in [5.74, 6) is -0.241. The fourth-order valence-electron chi connectivity index (χ4n) is 5.91. The van der Waals surface area contributed by atoms with Crippen LogP contribution in [0, 0.1) is 5.41 Å². The number of carbonyl (C=O) groups excluding carboxylic acids is 4. The van der Waals surface area contributed by atoms with Crippen LogP contribution in [0.5, 0.6) is 5.75 Å². The van der Waals surface area contributed by atoms with Crippen molar-refractivity contribution in [3.8, 4) is 5.75 Å². The van der Waals surface area contributed by atoms with E-state index >= 15 is 0 Å². The number of nitrogens with one attached hydrogen (secondary N) is 2. The van der Waals surface area contributed by atoms with Crippen molar-refractivity contribution in [2.45, 2.75) is 84.5 Å². The van der Waals surface area contributed by atoms with Crippen molar-refractivity contribution in [3.05, 3.63) is 102 Å². The Morgan fingerprint density at radius 1 is 0.830 bits per heavy atom. The Morgan fingerprint density at radius 2 is 1.38 bits per heavy atom. The minimum Gasteiger partial charge on any atom is -0.469 e. The maximum absolute atomic E-state index is 13.3. The van der Waals surface area contributed by atoms with E-state index in [0.717, 1.165) is 21.6 Å². The van der Waals surface area contributed by atoms with Gasteiger partial charge in [-0.1, -0.05) is 86.6 Å². The summed E-state index contributed by atoms with van der Waals surface area (Å²) in [6, 6.07) is 26.4. The van der Waals surface area contributed by atoms with E-state index in [1.807, 2.05) is 95.3 Å². The molecule has 0 aromatic heterocycles. The van der Waals surface area contributed by atoms with Crippen molar-refractivity contribution in [2.75, 3.05) is 13.1 Å². The molecule has 1 aliphatic rings. The third kappa shape index (κ3) is 8.99. The van der Waals surface area contributed by atoms with Crippen LogP contribution in [0.15, 0.2) is 84.9 Å². The second kappa shape index (κ2) is 15.8. The molecule has 1 saturated heterocycles. The number of ether oxygens (including phenoxy) is 2. The Kier molecular flexibility index (Phi) is 11.8. The molecular formula is C38H47N3O6. The largest absolute Gasteiger partial charge is 0.469 e. The van der Waals surface area contributed by atoms with E-state index in [1.165, 1.54) is 0 Å². The van der Waals surface area contributed by atoms with E-state index in [4.69, 9.17) is 9.47 Å². The lowest BCUT2D eigenvalue weighted by molar-refractivity contribution is -0.190. The van der Waals surface area contributed by atoms with E-state index in [-0.39, 0.29) is 36.7 Å². The molecule has 47 heavy (non-hydrogen) atoms. The zero-order valence-corrected chi connectivity index (χ0v) is 28.1. The highest BCUT2D eigenvalue weighted by Gasteiger charge is 2.62. The van der Waals surface area contributed by atoms with Crippen molar-refractivity contribution >= 4 is 23.8 Å². The van der Waals surface area contributed by atoms with E-state index in [0.29, 0.717) is 38.0 Å². The number of nitrogens with zero attached hydrogens (tertiary/aromatic N) is 1. The van der Waals surface area contributed by atoms with Crippen molar-refractivity contribution < 1.29 is 28.7 Å². The lowest BCUT2D eigenvalue weighted by atomic mass is 9.72. The molecule has 0 spiro atoms. The van der Waals surface area contributed by atoms with Gasteiger partial charge in [-0.15, -0.1) is 0 Å². The molecule has 1 unspecified atom stereocenters. The first kappa shape index (κ1) is 35.2. The molecule has 0 saturated carbocycles. The molecule has 4 rings (SSSR count). The van der Waals surface area contributed by atoms with E-state index in [1.54, 1.807) is 24.3 Å². The van der Waals surface area contributed by atoms with Crippen LogP contribution in [0.25, 0.3) is 0 Å². The van der Waals surface area contributed by atoms with Crippen LogP contribution in [0.3, 0.4) is 0 Å². The number of esters is 1. The van der Waals surface area contributed by atoms with E-state index < -0.39 is 23.3 Å². The van der Waals surface area contributed by atoms with Crippen LogP contribution in [-0.4, -0.2) is 53.6 Å². The zero-order valence-electron chi connectivity index (χ0n) is 28.1. The fourth-order valence-corrected chi connectivity index (χ4v) is 5.91. The number of β-lactam (4-membered cyclic amide) rings is 1. The maximum Gasteiger partial charge on any atom is 0.327 e. The number of hydrogen-bond donors (Lipinski definition) is 2. The van der Waals surface area contributed by atoms with Gasteiger partial charge in [-0.05, 0) is 68.9 Å². The molecular weight excluding hydrogens is 594 g/mol. The minimum atomic E-state index is -0.811. The Balaban J connectivity index is 1.28. The summed E-state index contributed by atoms with van der Waals surface area (Å²) in [6.07, 6.45) is 1.20. The topological polar surface area (TPSA) is 114 Å². The molecule has 1 atom stereocenters. The standard InChI is InChI=1S/C38H47N3O6/c1-6-38(7-2)34(44)41(35(38)46-30-21-19-27(20-22-30)25-33(43)47-37(3,4)5)36(45)40-24-14-23-39-32(42)26-31(28-15-10-8-11-16-28)29-17-12-9-13-18-29/h8-13,15-22,31,35H,6-7,14,23-26H2,1-5H3,(H,39,42)(H,40,45). The van der Waals surface area contributed by atoms with Gasteiger partial charge >= 0.3 is 12.0 Å². The van der Waals surface area contributed by atoms with Gasteiger partial charge < -0.3 is 20.1 Å². The first-order valence-electron chi connectivity index (χ1n) is 16.4. The number of carbonyl (C=O) groups is 4. The SMILES string of the molecule is CCC1(CC)C(=O)N(C(=O)NCCCNC(=O)CC(c2ccccc2)c2ccccc2)C1Oc1ccc(CC(=O)OC(C)(C)C)cc1. The van der Waals surface area contributed by atoms with Gasteiger partial charge in [0.05, 0.1) is 6.42 Å². The highest BCUT2D eigenvalue weighted by molar-refractivity contribution is 6.03. The van der Waals surface area contributed by atoms with Gasteiger partial charge in [0.25, 0.3) is 0 Å². The normalized spacial score (nSPS) is 15.5. The molecule has 0 bridgehead atoms. The van der Waals surface area contributed by atoms with Crippen LogP contribution < -0.4 is 15.4 Å². The minimum absolute atomic E-state index is 0.0648. The van der Waals surface area contributed by atoms with Gasteiger partial charge in [0.2, 0.25) is 11.8 Å². The first-order chi connectivity index (χ1) is 22.5. The van der Waals surface area contributed by atoms with Crippen LogP contribution in [0.2, 0.25) is 0 Å². The maximum atomic E-state index is 13.3. The lowest BCUT2D eigenvalue weighted by Gasteiger charge is -2.53. The monoisotopic (exact) mass is 641 g/mol. The molecule has 3 aromatic carbocycles. The fraction of sp³-hybridized carbons (Fsp3) is 0.421. The van der Waals surface area contributed by atoms with Crippen LogP contribution in [-0.2, 0) is 25.5 Å². The summed E-state index contributed by atoms with van der Waals surface area (Å²) < 4.78 is 11.6. The van der Waals surface area contributed by atoms with Crippen molar-refractivity contribution in [3.63, 3.8) is 0 Å². The smallest absolute Gasteiger partial charge is 0.327 e. The molecule has 2 N–H and O–H groups in total. The number of imide groups is 1. The number of rotatable bonds is 14. The van der Waals surface area contributed by atoms with Crippen LogP contribution >= 0.6 is 0 Å². The first-order valence-corrected chi connectivity index (χ1v) is 16.4. The third-order valence-electron chi connectivity index (χ3n) is 8.52. The highest BCUT2D eigenvalue weighted by Crippen LogP contribution is 2.46.